The van der Waals surface area contributed by atoms with E-state index in [0.717, 1.165) is 28.4 Å². The van der Waals surface area contributed by atoms with E-state index in [1.54, 1.807) is 6.07 Å². The number of carbonyl (C=O) groups excluding carboxylic acids is 1. The van der Waals surface area contributed by atoms with Gasteiger partial charge in [-0.05, 0) is 55.3 Å². The summed E-state index contributed by atoms with van der Waals surface area (Å²) >= 11 is 15.6. The first-order valence-electron chi connectivity index (χ1n) is 8.31. The van der Waals surface area contributed by atoms with Crippen molar-refractivity contribution in [2.24, 2.45) is 5.73 Å². The molecule has 0 heterocycles. The highest BCUT2D eigenvalue weighted by molar-refractivity contribution is 9.10. The van der Waals surface area contributed by atoms with Crippen LogP contribution in [0.2, 0.25) is 10.0 Å². The quantitative estimate of drug-likeness (QED) is 0.514. The fraction of sp³-hybridized carbons (Fsp3) is 0.316. The van der Waals surface area contributed by atoms with E-state index < -0.39 is 0 Å². The van der Waals surface area contributed by atoms with Gasteiger partial charge in [0.2, 0.25) is 5.91 Å². The Labute approximate surface area is 172 Å². The molecule has 0 saturated heterocycles. The van der Waals surface area contributed by atoms with Crippen LogP contribution >= 0.6 is 39.1 Å². The number of benzene rings is 2. The number of halogens is 3. The molecule has 0 aliphatic carbocycles. The van der Waals surface area contributed by atoms with Crippen LogP contribution < -0.4 is 15.8 Å². The van der Waals surface area contributed by atoms with E-state index in [4.69, 9.17) is 33.7 Å². The lowest BCUT2D eigenvalue weighted by Crippen LogP contribution is -2.22. The molecule has 140 valence electrons. The van der Waals surface area contributed by atoms with Gasteiger partial charge in [0.1, 0.15) is 12.4 Å². The van der Waals surface area contributed by atoms with Crippen molar-refractivity contribution in [1.82, 2.24) is 5.32 Å². The number of nitrogens with one attached hydrogen (secondary N) is 1. The van der Waals surface area contributed by atoms with Gasteiger partial charge < -0.3 is 15.8 Å². The Morgan fingerprint density at radius 3 is 2.65 bits per heavy atom. The second kappa shape index (κ2) is 10.8. The highest BCUT2D eigenvalue weighted by atomic mass is 79.9. The number of nitrogens with two attached hydrogens (primary N) is 1. The van der Waals surface area contributed by atoms with Crippen molar-refractivity contribution >= 4 is 45.0 Å². The van der Waals surface area contributed by atoms with Gasteiger partial charge in [-0.1, -0.05) is 45.2 Å². The monoisotopic (exact) mass is 458 g/mol. The first-order chi connectivity index (χ1) is 12.5. The van der Waals surface area contributed by atoms with Crippen LogP contribution in [0.3, 0.4) is 0 Å². The molecule has 0 fully saturated rings. The van der Waals surface area contributed by atoms with Gasteiger partial charge in [-0.25, -0.2) is 0 Å². The minimum atomic E-state index is 0.00555. The van der Waals surface area contributed by atoms with E-state index >= 15 is 0 Å². The SMILES string of the molecule is NCCCCC(=O)NCc1cc(Cl)cc(OCc2ccc(Cl)cc2Br)c1. The molecule has 0 spiro atoms. The van der Waals surface area contributed by atoms with Crippen LogP contribution in [0, 0.1) is 0 Å². The van der Waals surface area contributed by atoms with Gasteiger partial charge in [0.05, 0.1) is 0 Å². The van der Waals surface area contributed by atoms with Crippen LogP contribution in [-0.4, -0.2) is 12.5 Å². The van der Waals surface area contributed by atoms with Crippen LogP contribution in [0.5, 0.6) is 5.75 Å². The van der Waals surface area contributed by atoms with Gasteiger partial charge >= 0.3 is 0 Å². The van der Waals surface area contributed by atoms with Crippen molar-refractivity contribution < 1.29 is 9.53 Å². The number of hydrogen-bond donors (Lipinski definition) is 2. The van der Waals surface area contributed by atoms with Crippen LogP contribution in [0.15, 0.2) is 40.9 Å². The summed E-state index contributed by atoms with van der Waals surface area (Å²) in [5.74, 6) is 0.651. The molecule has 7 heteroatoms. The fourth-order valence-electron chi connectivity index (χ4n) is 2.32. The average Bonchev–Trinajstić information content (AvgIpc) is 2.59. The van der Waals surface area contributed by atoms with Crippen LogP contribution in [0.1, 0.15) is 30.4 Å². The van der Waals surface area contributed by atoms with E-state index in [2.05, 4.69) is 21.2 Å². The molecule has 3 N–H and O–H groups in total. The maximum absolute atomic E-state index is 11.8. The number of hydrogen-bond acceptors (Lipinski definition) is 3. The molecule has 0 unspecified atom stereocenters. The Bertz CT molecular complexity index is 756. The largest absolute Gasteiger partial charge is 0.489 e. The molecular weight excluding hydrogens is 439 g/mol. The van der Waals surface area contributed by atoms with E-state index in [1.807, 2.05) is 30.3 Å². The third-order valence-electron chi connectivity index (χ3n) is 3.69. The maximum Gasteiger partial charge on any atom is 0.220 e. The fourth-order valence-corrected chi connectivity index (χ4v) is 3.37. The third-order valence-corrected chi connectivity index (χ3v) is 4.88. The molecule has 4 nitrogen and oxygen atoms in total. The Morgan fingerprint density at radius 1 is 1.12 bits per heavy atom. The molecule has 0 atom stereocenters. The summed E-state index contributed by atoms with van der Waals surface area (Å²) in [4.78, 5) is 11.8. The number of ether oxygens (including phenoxy) is 1. The molecule has 26 heavy (non-hydrogen) atoms. The molecule has 0 aliphatic heterocycles. The lowest BCUT2D eigenvalue weighted by molar-refractivity contribution is -0.121. The van der Waals surface area contributed by atoms with Crippen LogP contribution in [-0.2, 0) is 17.9 Å². The second-order valence-electron chi connectivity index (χ2n) is 5.84. The number of amides is 1. The minimum Gasteiger partial charge on any atom is -0.489 e. The van der Waals surface area contributed by atoms with Crippen molar-refractivity contribution in [2.45, 2.75) is 32.4 Å². The summed E-state index contributed by atoms with van der Waals surface area (Å²) in [5, 5.41) is 4.11. The number of rotatable bonds is 9. The summed E-state index contributed by atoms with van der Waals surface area (Å²) in [6.45, 7) is 1.39. The summed E-state index contributed by atoms with van der Waals surface area (Å²) in [5.41, 5.74) is 7.29. The van der Waals surface area contributed by atoms with Gasteiger partial charge in [0.15, 0.2) is 0 Å². The standard InChI is InChI=1S/C19H21BrCl2N2O2/c20-18-10-15(21)5-4-14(18)12-26-17-8-13(7-16(22)9-17)11-24-19(25)3-1-2-6-23/h4-5,7-10H,1-3,6,11-12,23H2,(H,24,25). The molecule has 0 aromatic heterocycles. The molecule has 2 aromatic rings. The highest BCUT2D eigenvalue weighted by Gasteiger charge is 2.06. The molecule has 0 saturated carbocycles. The van der Waals surface area contributed by atoms with E-state index in [-0.39, 0.29) is 5.91 Å². The lowest BCUT2D eigenvalue weighted by atomic mass is 10.2. The third kappa shape index (κ3) is 7.16. The summed E-state index contributed by atoms with van der Waals surface area (Å²) in [7, 11) is 0. The van der Waals surface area contributed by atoms with Gasteiger partial charge in [-0.15, -0.1) is 0 Å². The molecule has 2 aromatic carbocycles. The first-order valence-corrected chi connectivity index (χ1v) is 9.86. The van der Waals surface area contributed by atoms with Crippen molar-refractivity contribution in [3.8, 4) is 5.75 Å². The van der Waals surface area contributed by atoms with Crippen molar-refractivity contribution in [3.63, 3.8) is 0 Å². The zero-order chi connectivity index (χ0) is 18.9. The second-order valence-corrected chi connectivity index (χ2v) is 7.57. The summed E-state index contributed by atoms with van der Waals surface area (Å²) < 4.78 is 6.72. The molecule has 1 amide bonds. The minimum absolute atomic E-state index is 0.00555. The van der Waals surface area contributed by atoms with Gasteiger partial charge in [0, 0.05) is 33.0 Å². The smallest absolute Gasteiger partial charge is 0.220 e. The van der Waals surface area contributed by atoms with Crippen molar-refractivity contribution in [2.75, 3.05) is 6.54 Å². The van der Waals surface area contributed by atoms with Crippen molar-refractivity contribution in [3.05, 3.63) is 62.0 Å². The summed E-state index contributed by atoms with van der Waals surface area (Å²) in [6.07, 6.45) is 2.12. The average molecular weight is 460 g/mol. The lowest BCUT2D eigenvalue weighted by Gasteiger charge is -2.11. The van der Waals surface area contributed by atoms with E-state index in [0.29, 0.717) is 41.9 Å². The maximum atomic E-state index is 11.8. The molecule has 0 bridgehead atoms. The van der Waals surface area contributed by atoms with Crippen molar-refractivity contribution in [1.29, 1.82) is 0 Å². The Morgan fingerprint density at radius 2 is 1.92 bits per heavy atom. The van der Waals surface area contributed by atoms with Crippen LogP contribution in [0.4, 0.5) is 0 Å². The zero-order valence-corrected chi connectivity index (χ0v) is 17.3. The van der Waals surface area contributed by atoms with E-state index in [9.17, 15) is 4.79 Å². The Hall–Kier alpha value is -1.27. The topological polar surface area (TPSA) is 64.4 Å². The Balaban J connectivity index is 1.93. The van der Waals surface area contributed by atoms with Crippen LogP contribution in [0.25, 0.3) is 0 Å². The van der Waals surface area contributed by atoms with Gasteiger partial charge in [-0.2, -0.15) is 0 Å². The van der Waals surface area contributed by atoms with Gasteiger partial charge in [0.25, 0.3) is 0 Å². The first kappa shape index (κ1) is 21.0. The number of unbranched alkanes of at least 4 members (excludes halogenated alkanes) is 1. The highest BCUT2D eigenvalue weighted by Crippen LogP contribution is 2.25. The van der Waals surface area contributed by atoms with Gasteiger partial charge in [-0.3, -0.25) is 4.79 Å². The molecule has 0 radical (unpaired) electrons. The predicted octanol–water partition coefficient (Wildman–Crippen LogP) is 5.08. The molecular formula is C19H21BrCl2N2O2. The van der Waals surface area contributed by atoms with E-state index in [1.165, 1.54) is 0 Å². The molecule has 2 rings (SSSR count). The predicted molar refractivity (Wildman–Crippen MR) is 110 cm³/mol. The normalized spacial score (nSPS) is 10.6. The zero-order valence-electron chi connectivity index (χ0n) is 14.2. The Kier molecular flexibility index (Phi) is 8.72. The number of carbonyl (C=O) groups is 1. The molecule has 0 aliphatic rings. The summed E-state index contributed by atoms with van der Waals surface area (Å²) in [6, 6.07) is 11.0.